The van der Waals surface area contributed by atoms with Crippen LogP contribution in [0, 0.1) is 13.8 Å². The highest BCUT2D eigenvalue weighted by molar-refractivity contribution is 9.09. The fraction of sp³-hybridized carbons (Fsp3) is 0.500. The van der Waals surface area contributed by atoms with Gasteiger partial charge in [-0.2, -0.15) is 0 Å². The monoisotopic (exact) mass is 326 g/mol. The number of halogens is 1. The Hall–Kier alpha value is -0.480. The third kappa shape index (κ3) is 3.51. The van der Waals surface area contributed by atoms with Crippen LogP contribution in [0.15, 0.2) is 17.3 Å². The van der Waals surface area contributed by atoms with Crippen molar-refractivity contribution in [2.45, 2.75) is 38.3 Å². The Balaban J connectivity index is 1.97. The fourth-order valence-electron chi connectivity index (χ4n) is 1.86. The lowest BCUT2D eigenvalue weighted by Crippen LogP contribution is -1.83. The average molecular weight is 327 g/mol. The number of imidazole rings is 1. The highest BCUT2D eigenvalue weighted by Gasteiger charge is 2.05. The molecule has 0 aliphatic rings. The van der Waals surface area contributed by atoms with Gasteiger partial charge in [-0.3, -0.25) is 0 Å². The van der Waals surface area contributed by atoms with E-state index in [-0.39, 0.29) is 0 Å². The molecule has 0 bridgehead atoms. The summed E-state index contributed by atoms with van der Waals surface area (Å²) in [4.78, 5) is 8.03. The molecule has 2 aromatic rings. The first-order valence-electron chi connectivity index (χ1n) is 6.36. The Labute approximate surface area is 121 Å². The van der Waals surface area contributed by atoms with E-state index in [9.17, 15) is 0 Å². The lowest BCUT2D eigenvalue weighted by Gasteiger charge is -1.97. The number of H-pyrrole nitrogens is 1. The number of fused-ring (bicyclic) bond motifs is 1. The van der Waals surface area contributed by atoms with Crippen molar-refractivity contribution in [1.29, 1.82) is 0 Å². The second kappa shape index (κ2) is 6.62. The molecular weight excluding hydrogens is 308 g/mol. The van der Waals surface area contributed by atoms with Crippen LogP contribution in [0.3, 0.4) is 0 Å². The molecule has 2 nitrogen and oxygen atoms in total. The van der Waals surface area contributed by atoms with Crippen molar-refractivity contribution in [1.82, 2.24) is 9.97 Å². The van der Waals surface area contributed by atoms with Crippen LogP contribution in [0.2, 0.25) is 0 Å². The minimum atomic E-state index is 1.05. The predicted octanol–water partition coefficient (Wildman–Crippen LogP) is 4.84. The van der Waals surface area contributed by atoms with Crippen molar-refractivity contribution in [2.24, 2.45) is 0 Å². The molecule has 0 amide bonds. The first-order chi connectivity index (χ1) is 8.70. The third-order valence-electron chi connectivity index (χ3n) is 3.09. The second-order valence-electron chi connectivity index (χ2n) is 4.59. The van der Waals surface area contributed by atoms with Crippen LogP contribution in [-0.4, -0.2) is 21.1 Å². The molecule has 0 aliphatic heterocycles. The van der Waals surface area contributed by atoms with Crippen molar-refractivity contribution >= 4 is 38.7 Å². The Morgan fingerprint density at radius 2 is 1.94 bits per heavy atom. The molecule has 0 saturated heterocycles. The summed E-state index contributed by atoms with van der Waals surface area (Å²) in [6, 6.07) is 4.35. The summed E-state index contributed by atoms with van der Waals surface area (Å²) in [5.74, 6) is 1.14. The fourth-order valence-corrected chi connectivity index (χ4v) is 3.14. The molecule has 1 N–H and O–H groups in total. The number of aromatic amines is 1. The Kier molecular flexibility index (Phi) is 5.13. The van der Waals surface area contributed by atoms with Crippen LogP contribution >= 0.6 is 27.7 Å². The minimum Gasteiger partial charge on any atom is -0.333 e. The maximum atomic E-state index is 4.63. The van der Waals surface area contributed by atoms with Crippen LogP contribution in [0.1, 0.15) is 30.4 Å². The number of hydrogen-bond donors (Lipinski definition) is 1. The summed E-state index contributed by atoms with van der Waals surface area (Å²) < 4.78 is 0. The normalized spacial score (nSPS) is 11.3. The zero-order valence-corrected chi connectivity index (χ0v) is 13.3. The minimum absolute atomic E-state index is 1.05. The molecule has 4 heteroatoms. The van der Waals surface area contributed by atoms with E-state index in [1.165, 1.54) is 30.4 Å². The van der Waals surface area contributed by atoms with Gasteiger partial charge < -0.3 is 4.98 Å². The van der Waals surface area contributed by atoms with Crippen LogP contribution in [0.25, 0.3) is 11.0 Å². The number of hydrogen-bond acceptors (Lipinski definition) is 2. The lowest BCUT2D eigenvalue weighted by molar-refractivity contribution is 0.787. The van der Waals surface area contributed by atoms with Crippen molar-refractivity contribution in [3.05, 3.63) is 23.3 Å². The number of nitrogens with one attached hydrogen (secondary N) is 1. The number of rotatable bonds is 6. The first kappa shape index (κ1) is 13.9. The molecule has 0 saturated carbocycles. The van der Waals surface area contributed by atoms with Crippen LogP contribution in [0.4, 0.5) is 0 Å². The number of benzene rings is 1. The Morgan fingerprint density at radius 1 is 1.17 bits per heavy atom. The van der Waals surface area contributed by atoms with Gasteiger partial charge in [-0.1, -0.05) is 34.1 Å². The molecule has 0 unspecified atom stereocenters. The van der Waals surface area contributed by atoms with Crippen LogP contribution in [-0.2, 0) is 0 Å². The van der Waals surface area contributed by atoms with E-state index in [2.05, 4.69) is 51.9 Å². The highest BCUT2D eigenvalue weighted by Crippen LogP contribution is 2.23. The Bertz CT molecular complexity index is 483. The number of aryl methyl sites for hydroxylation is 2. The van der Waals surface area contributed by atoms with Gasteiger partial charge in [0, 0.05) is 11.1 Å². The van der Waals surface area contributed by atoms with E-state index in [4.69, 9.17) is 0 Å². The standard InChI is InChI=1S/C14H19BrN2S/c1-10-8-12-13(9-11(10)2)17-14(16-12)18-7-5-3-4-6-15/h8-9H,3-7H2,1-2H3,(H,16,17). The van der Waals surface area contributed by atoms with Crippen LogP contribution in [0.5, 0.6) is 0 Å². The quantitative estimate of drug-likeness (QED) is 0.467. The zero-order chi connectivity index (χ0) is 13.0. The molecule has 98 valence electrons. The lowest BCUT2D eigenvalue weighted by atomic mass is 10.1. The number of alkyl halides is 1. The summed E-state index contributed by atoms with van der Waals surface area (Å²) in [6.07, 6.45) is 3.81. The molecule has 2 rings (SSSR count). The van der Waals surface area contributed by atoms with Gasteiger partial charge in [0.15, 0.2) is 5.16 Å². The summed E-state index contributed by atoms with van der Waals surface area (Å²) in [6.45, 7) is 4.28. The van der Waals surface area contributed by atoms with E-state index >= 15 is 0 Å². The molecule has 1 aromatic carbocycles. The van der Waals surface area contributed by atoms with Gasteiger partial charge in [0.05, 0.1) is 11.0 Å². The molecule has 0 fully saturated rings. The Morgan fingerprint density at radius 3 is 2.72 bits per heavy atom. The van der Waals surface area contributed by atoms with Crippen molar-refractivity contribution in [3.8, 4) is 0 Å². The van der Waals surface area contributed by atoms with Gasteiger partial charge in [-0.05, 0) is 49.9 Å². The molecular formula is C14H19BrN2S. The van der Waals surface area contributed by atoms with Crippen molar-refractivity contribution in [2.75, 3.05) is 11.1 Å². The molecule has 1 aromatic heterocycles. The maximum absolute atomic E-state index is 4.63. The average Bonchev–Trinajstić information content (AvgIpc) is 2.71. The van der Waals surface area contributed by atoms with Crippen molar-refractivity contribution in [3.63, 3.8) is 0 Å². The smallest absolute Gasteiger partial charge is 0.166 e. The number of aromatic nitrogens is 2. The summed E-state index contributed by atoms with van der Waals surface area (Å²) in [5, 5.41) is 2.16. The first-order valence-corrected chi connectivity index (χ1v) is 8.47. The highest BCUT2D eigenvalue weighted by atomic mass is 79.9. The predicted molar refractivity (Wildman–Crippen MR) is 83.9 cm³/mol. The van der Waals surface area contributed by atoms with E-state index in [1.807, 2.05) is 11.8 Å². The number of unbranched alkanes of at least 4 members (excludes halogenated alkanes) is 2. The SMILES string of the molecule is Cc1cc2nc(SCCCCCBr)[nH]c2cc1C. The van der Waals surface area contributed by atoms with Gasteiger partial charge in [-0.15, -0.1) is 0 Å². The summed E-state index contributed by atoms with van der Waals surface area (Å²) in [5.41, 5.74) is 4.87. The molecule has 0 aliphatic carbocycles. The van der Waals surface area contributed by atoms with Crippen LogP contribution < -0.4 is 0 Å². The zero-order valence-electron chi connectivity index (χ0n) is 10.9. The van der Waals surface area contributed by atoms with Crippen molar-refractivity contribution < 1.29 is 0 Å². The van der Waals surface area contributed by atoms with E-state index in [0.717, 1.165) is 27.3 Å². The van der Waals surface area contributed by atoms with Gasteiger partial charge in [0.2, 0.25) is 0 Å². The summed E-state index contributed by atoms with van der Waals surface area (Å²) in [7, 11) is 0. The number of thioether (sulfide) groups is 1. The topological polar surface area (TPSA) is 28.7 Å². The maximum Gasteiger partial charge on any atom is 0.166 e. The van der Waals surface area contributed by atoms with Gasteiger partial charge in [-0.25, -0.2) is 4.98 Å². The van der Waals surface area contributed by atoms with Gasteiger partial charge in [0.25, 0.3) is 0 Å². The van der Waals surface area contributed by atoms with E-state index in [0.29, 0.717) is 0 Å². The molecule has 18 heavy (non-hydrogen) atoms. The van der Waals surface area contributed by atoms with E-state index < -0.39 is 0 Å². The van der Waals surface area contributed by atoms with Gasteiger partial charge in [0.1, 0.15) is 0 Å². The summed E-state index contributed by atoms with van der Waals surface area (Å²) >= 11 is 5.28. The molecule has 0 atom stereocenters. The van der Waals surface area contributed by atoms with Gasteiger partial charge >= 0.3 is 0 Å². The second-order valence-corrected chi connectivity index (χ2v) is 6.47. The third-order valence-corrected chi connectivity index (χ3v) is 4.61. The van der Waals surface area contributed by atoms with E-state index in [1.54, 1.807) is 0 Å². The largest absolute Gasteiger partial charge is 0.333 e. The molecule has 0 radical (unpaired) electrons. The molecule has 1 heterocycles. The number of nitrogens with zero attached hydrogens (tertiary/aromatic N) is 1. The molecule has 0 spiro atoms.